The molecule has 0 unspecified atom stereocenters. The molecule has 0 aromatic rings. The molecule has 0 aromatic carbocycles. The fourth-order valence-electron chi connectivity index (χ4n) is 1.62. The third-order valence-electron chi connectivity index (χ3n) is 3.02. The zero-order chi connectivity index (χ0) is 12.1. The van der Waals surface area contributed by atoms with Crippen LogP contribution in [0.25, 0.3) is 0 Å². The molecule has 17 heavy (non-hydrogen) atoms. The molecule has 0 atom stereocenters. The highest BCUT2D eigenvalue weighted by Gasteiger charge is 2.28. The van der Waals surface area contributed by atoms with Gasteiger partial charge in [0.15, 0.2) is 0 Å². The van der Waals surface area contributed by atoms with E-state index in [1.165, 1.54) is 0 Å². The van der Waals surface area contributed by atoms with E-state index < -0.39 is 0 Å². The van der Waals surface area contributed by atoms with Crippen LogP contribution in [0.5, 0.6) is 0 Å². The Kier molecular flexibility index (Phi) is 4.36. The number of rotatable bonds is 8. The molecule has 0 aromatic heterocycles. The third-order valence-corrected chi connectivity index (χ3v) is 3.02. The average molecular weight is 239 g/mol. The number of carbonyl (C=O) groups excluding carboxylic acids is 2. The molecule has 2 aliphatic carbocycles. The second-order valence-electron chi connectivity index (χ2n) is 4.91. The Bertz CT molecular complexity index is 285. The van der Waals surface area contributed by atoms with Crippen molar-refractivity contribution in [2.45, 2.75) is 38.1 Å². The predicted octanol–water partition coefficient (Wildman–Crippen LogP) is -0.229. The summed E-state index contributed by atoms with van der Waals surface area (Å²) < 4.78 is 0. The van der Waals surface area contributed by atoms with Crippen molar-refractivity contribution < 1.29 is 9.59 Å². The van der Waals surface area contributed by atoms with Crippen molar-refractivity contribution in [3.8, 4) is 0 Å². The average Bonchev–Trinajstić information content (AvgIpc) is 3.14. The zero-order valence-electron chi connectivity index (χ0n) is 10.1. The summed E-state index contributed by atoms with van der Waals surface area (Å²) in [5.41, 5.74) is 0. The molecular weight excluding hydrogens is 218 g/mol. The minimum absolute atomic E-state index is 0.127. The topological polar surface area (TPSA) is 70.2 Å². The van der Waals surface area contributed by atoms with E-state index in [4.69, 9.17) is 0 Å². The summed E-state index contributed by atoms with van der Waals surface area (Å²) >= 11 is 0. The Labute approximate surface area is 102 Å². The van der Waals surface area contributed by atoms with Gasteiger partial charge in [0.1, 0.15) is 0 Å². The largest absolute Gasteiger partial charge is 0.355 e. The monoisotopic (exact) mass is 239 g/mol. The molecule has 0 heterocycles. The fourth-order valence-corrected chi connectivity index (χ4v) is 1.62. The van der Waals surface area contributed by atoms with Gasteiger partial charge in [0, 0.05) is 38.0 Å². The van der Waals surface area contributed by atoms with E-state index in [1.807, 2.05) is 0 Å². The van der Waals surface area contributed by atoms with Crippen molar-refractivity contribution in [3.63, 3.8) is 0 Å². The van der Waals surface area contributed by atoms with Crippen LogP contribution < -0.4 is 16.0 Å². The minimum atomic E-state index is 0.127. The van der Waals surface area contributed by atoms with E-state index in [0.717, 1.165) is 32.2 Å². The number of carbonyl (C=O) groups is 2. The van der Waals surface area contributed by atoms with Crippen LogP contribution in [-0.2, 0) is 9.59 Å². The van der Waals surface area contributed by atoms with Gasteiger partial charge in [0.05, 0.1) is 0 Å². The highest BCUT2D eigenvalue weighted by Crippen LogP contribution is 2.28. The first-order valence-electron chi connectivity index (χ1n) is 6.53. The van der Waals surface area contributed by atoms with E-state index in [-0.39, 0.29) is 17.7 Å². The van der Waals surface area contributed by atoms with E-state index >= 15 is 0 Å². The number of nitrogens with one attached hydrogen (secondary N) is 3. The van der Waals surface area contributed by atoms with Crippen LogP contribution in [0.4, 0.5) is 0 Å². The van der Waals surface area contributed by atoms with E-state index in [9.17, 15) is 9.59 Å². The van der Waals surface area contributed by atoms with Crippen molar-refractivity contribution in [2.75, 3.05) is 19.6 Å². The lowest BCUT2D eigenvalue weighted by molar-refractivity contribution is -0.122. The lowest BCUT2D eigenvalue weighted by Crippen LogP contribution is -2.34. The van der Waals surface area contributed by atoms with Crippen molar-refractivity contribution in [1.82, 2.24) is 16.0 Å². The van der Waals surface area contributed by atoms with Gasteiger partial charge in [-0.25, -0.2) is 0 Å². The molecule has 2 rings (SSSR count). The van der Waals surface area contributed by atoms with Crippen LogP contribution in [0.15, 0.2) is 0 Å². The molecule has 0 aliphatic heterocycles. The highest BCUT2D eigenvalue weighted by molar-refractivity contribution is 5.80. The van der Waals surface area contributed by atoms with E-state index in [0.29, 0.717) is 25.6 Å². The van der Waals surface area contributed by atoms with Gasteiger partial charge < -0.3 is 16.0 Å². The van der Waals surface area contributed by atoms with Crippen LogP contribution in [0.1, 0.15) is 32.1 Å². The maximum atomic E-state index is 11.3. The van der Waals surface area contributed by atoms with Crippen molar-refractivity contribution in [1.29, 1.82) is 0 Å². The quantitative estimate of drug-likeness (QED) is 0.512. The normalized spacial score (nSPS) is 18.8. The van der Waals surface area contributed by atoms with Gasteiger partial charge in [-0.15, -0.1) is 0 Å². The molecule has 96 valence electrons. The third kappa shape index (κ3) is 5.17. The molecular formula is C12H21N3O2. The summed E-state index contributed by atoms with van der Waals surface area (Å²) in [5.74, 6) is 0.583. The summed E-state index contributed by atoms with van der Waals surface area (Å²) in [6.45, 7) is 2.06. The van der Waals surface area contributed by atoms with Crippen LogP contribution in [-0.4, -0.2) is 37.5 Å². The molecule has 0 radical (unpaired) electrons. The molecule has 2 saturated carbocycles. The SMILES string of the molecule is O=C(CCNCCNC(=O)C1CC1)NC1CC1. The molecule has 5 nitrogen and oxygen atoms in total. The first-order valence-corrected chi connectivity index (χ1v) is 6.53. The Morgan fingerprint density at radius 3 is 2.41 bits per heavy atom. The number of hydrogen-bond acceptors (Lipinski definition) is 3. The van der Waals surface area contributed by atoms with Gasteiger partial charge in [-0.1, -0.05) is 0 Å². The summed E-state index contributed by atoms with van der Waals surface area (Å²) in [6, 6.07) is 0.445. The molecule has 0 spiro atoms. The Morgan fingerprint density at radius 2 is 1.76 bits per heavy atom. The number of amides is 2. The smallest absolute Gasteiger partial charge is 0.223 e. The van der Waals surface area contributed by atoms with E-state index in [2.05, 4.69) is 16.0 Å². The summed E-state index contributed by atoms with van der Waals surface area (Å²) in [4.78, 5) is 22.6. The van der Waals surface area contributed by atoms with Crippen molar-refractivity contribution in [3.05, 3.63) is 0 Å². The molecule has 2 aliphatic rings. The van der Waals surface area contributed by atoms with Gasteiger partial charge in [-0.05, 0) is 25.7 Å². The molecule has 2 amide bonds. The van der Waals surface area contributed by atoms with Gasteiger partial charge in [0.2, 0.25) is 11.8 Å². The summed E-state index contributed by atoms with van der Waals surface area (Å²) in [5, 5.41) is 8.96. The highest BCUT2D eigenvalue weighted by atomic mass is 16.2. The Balaban J connectivity index is 1.37. The second-order valence-corrected chi connectivity index (χ2v) is 4.91. The molecule has 2 fully saturated rings. The lowest BCUT2D eigenvalue weighted by Gasteiger charge is -2.06. The first kappa shape index (κ1) is 12.4. The van der Waals surface area contributed by atoms with Crippen molar-refractivity contribution in [2.24, 2.45) is 5.92 Å². The standard InChI is InChI=1S/C12H21N3O2/c16-11(15-10-3-4-10)5-6-13-7-8-14-12(17)9-1-2-9/h9-10,13H,1-8H2,(H,14,17)(H,15,16). The van der Waals surface area contributed by atoms with Crippen molar-refractivity contribution >= 4 is 11.8 Å². The van der Waals surface area contributed by atoms with Gasteiger partial charge >= 0.3 is 0 Å². The van der Waals surface area contributed by atoms with Crippen LogP contribution >= 0.6 is 0 Å². The maximum Gasteiger partial charge on any atom is 0.223 e. The zero-order valence-corrected chi connectivity index (χ0v) is 10.1. The molecule has 0 bridgehead atoms. The summed E-state index contributed by atoms with van der Waals surface area (Å²) in [6.07, 6.45) is 4.87. The van der Waals surface area contributed by atoms with E-state index in [1.54, 1.807) is 0 Å². The minimum Gasteiger partial charge on any atom is -0.355 e. The number of hydrogen-bond donors (Lipinski definition) is 3. The molecule has 0 saturated heterocycles. The second kappa shape index (κ2) is 6.00. The van der Waals surface area contributed by atoms with Crippen LogP contribution in [0.3, 0.4) is 0 Å². The van der Waals surface area contributed by atoms with Gasteiger partial charge in [0.25, 0.3) is 0 Å². The van der Waals surface area contributed by atoms with Gasteiger partial charge in [-0.2, -0.15) is 0 Å². The molecule has 3 N–H and O–H groups in total. The predicted molar refractivity (Wildman–Crippen MR) is 64.4 cm³/mol. The van der Waals surface area contributed by atoms with Crippen LogP contribution in [0, 0.1) is 5.92 Å². The van der Waals surface area contributed by atoms with Gasteiger partial charge in [-0.3, -0.25) is 9.59 Å². The maximum absolute atomic E-state index is 11.3. The molecule has 5 heteroatoms. The Morgan fingerprint density at radius 1 is 1.00 bits per heavy atom. The Hall–Kier alpha value is -1.10. The lowest BCUT2D eigenvalue weighted by atomic mass is 10.3. The summed E-state index contributed by atoms with van der Waals surface area (Å²) in [7, 11) is 0. The first-order chi connectivity index (χ1) is 8.25. The fraction of sp³-hybridized carbons (Fsp3) is 0.833. The van der Waals surface area contributed by atoms with Crippen LogP contribution in [0.2, 0.25) is 0 Å².